The average molecular weight is 304 g/mol. The summed E-state index contributed by atoms with van der Waals surface area (Å²) in [5.74, 6) is 0. The highest BCUT2D eigenvalue weighted by Crippen LogP contribution is 2.32. The smallest absolute Gasteiger partial charge is 0.268 e. The summed E-state index contributed by atoms with van der Waals surface area (Å²) in [6.07, 6.45) is 1.72. The number of aryl methyl sites for hydroxylation is 1. The molecule has 0 saturated carbocycles. The number of hydrogen-bond acceptors (Lipinski definition) is 3. The average Bonchev–Trinajstić information content (AvgIpc) is 2.80. The molecule has 1 atom stereocenters. The number of benzene rings is 1. The first kappa shape index (κ1) is 13.6. The molecule has 2 aromatic rings. The van der Waals surface area contributed by atoms with Gasteiger partial charge in [-0.15, -0.1) is 11.8 Å². The Bertz CT molecular complexity index is 734. The van der Waals surface area contributed by atoms with E-state index in [-0.39, 0.29) is 5.56 Å². The van der Waals surface area contributed by atoms with Gasteiger partial charge in [0.05, 0.1) is 4.90 Å². The van der Waals surface area contributed by atoms with E-state index in [1.807, 2.05) is 18.2 Å². The van der Waals surface area contributed by atoms with Gasteiger partial charge in [-0.2, -0.15) is 0 Å². The first-order valence-electron chi connectivity index (χ1n) is 6.71. The number of H-pyrrole nitrogens is 1. The van der Waals surface area contributed by atoms with Crippen LogP contribution in [0.5, 0.6) is 0 Å². The fourth-order valence-corrected chi connectivity index (χ4v) is 3.92. The number of rotatable bonds is 3. The number of aromatic nitrogens is 2. The van der Waals surface area contributed by atoms with Crippen molar-refractivity contribution in [1.29, 1.82) is 0 Å². The van der Waals surface area contributed by atoms with Gasteiger partial charge < -0.3 is 4.98 Å². The van der Waals surface area contributed by atoms with E-state index in [0.717, 1.165) is 23.4 Å². The second-order valence-corrected chi connectivity index (χ2v) is 6.90. The highest BCUT2D eigenvalue weighted by molar-refractivity contribution is 8.00. The van der Waals surface area contributed by atoms with Crippen LogP contribution in [-0.2, 0) is 19.4 Å². The molecular weight excluding hydrogens is 288 g/mol. The van der Waals surface area contributed by atoms with Crippen molar-refractivity contribution in [1.82, 2.24) is 9.55 Å². The van der Waals surface area contributed by atoms with Crippen molar-refractivity contribution in [2.75, 3.05) is 0 Å². The lowest BCUT2D eigenvalue weighted by Crippen LogP contribution is -2.25. The van der Waals surface area contributed by atoms with Crippen molar-refractivity contribution in [2.24, 2.45) is 0 Å². The van der Waals surface area contributed by atoms with Crippen molar-refractivity contribution >= 4 is 24.0 Å². The van der Waals surface area contributed by atoms with Gasteiger partial charge in [0.1, 0.15) is 0 Å². The van der Waals surface area contributed by atoms with Crippen LogP contribution in [-0.4, -0.2) is 14.8 Å². The van der Waals surface area contributed by atoms with E-state index in [1.54, 1.807) is 16.3 Å². The summed E-state index contributed by atoms with van der Waals surface area (Å²) in [4.78, 5) is 16.6. The third kappa shape index (κ3) is 2.60. The molecule has 1 aromatic heterocycles. The maximum atomic E-state index is 12.5. The zero-order chi connectivity index (χ0) is 14.1. The molecule has 0 fully saturated rings. The number of hydrogen-bond donors (Lipinski definition) is 1. The van der Waals surface area contributed by atoms with E-state index in [1.165, 1.54) is 5.56 Å². The molecule has 3 rings (SSSR count). The Balaban J connectivity index is 1.90. The van der Waals surface area contributed by atoms with Crippen LogP contribution < -0.4 is 5.56 Å². The van der Waals surface area contributed by atoms with Crippen molar-refractivity contribution < 1.29 is 0 Å². The van der Waals surface area contributed by atoms with Gasteiger partial charge in [0.15, 0.2) is 4.77 Å². The maximum Gasteiger partial charge on any atom is 0.268 e. The molecule has 0 bridgehead atoms. The van der Waals surface area contributed by atoms with Gasteiger partial charge >= 0.3 is 0 Å². The predicted molar refractivity (Wildman–Crippen MR) is 85.1 cm³/mol. The molecule has 3 nitrogen and oxygen atoms in total. The zero-order valence-corrected chi connectivity index (χ0v) is 12.9. The molecule has 0 unspecified atom stereocenters. The van der Waals surface area contributed by atoms with Crippen LogP contribution in [0.4, 0.5) is 0 Å². The summed E-state index contributed by atoms with van der Waals surface area (Å²) in [7, 11) is 0. The van der Waals surface area contributed by atoms with Crippen LogP contribution in [0.3, 0.4) is 0 Å². The monoisotopic (exact) mass is 304 g/mol. The molecule has 1 aliphatic heterocycles. The van der Waals surface area contributed by atoms with Gasteiger partial charge in [0.2, 0.25) is 0 Å². The van der Waals surface area contributed by atoms with Gasteiger partial charge in [-0.3, -0.25) is 9.36 Å². The number of thioether (sulfide) groups is 1. The molecule has 2 heterocycles. The van der Waals surface area contributed by atoms with Crippen LogP contribution in [0.2, 0.25) is 0 Å². The van der Waals surface area contributed by atoms with Gasteiger partial charge in [-0.1, -0.05) is 37.3 Å². The summed E-state index contributed by atoms with van der Waals surface area (Å²) in [6, 6.07) is 10.2. The molecule has 20 heavy (non-hydrogen) atoms. The molecule has 1 aromatic carbocycles. The fraction of sp³-hybridized carbons (Fsp3) is 0.333. The van der Waals surface area contributed by atoms with E-state index >= 15 is 0 Å². The van der Waals surface area contributed by atoms with Crippen LogP contribution in [0.1, 0.15) is 18.2 Å². The molecule has 0 amide bonds. The van der Waals surface area contributed by atoms with Crippen LogP contribution in [0.15, 0.2) is 40.0 Å². The first-order chi connectivity index (χ1) is 9.65. The second kappa shape index (κ2) is 5.58. The van der Waals surface area contributed by atoms with E-state index in [2.05, 4.69) is 24.0 Å². The van der Waals surface area contributed by atoms with Gasteiger partial charge in [0.25, 0.3) is 5.56 Å². The Morgan fingerprint density at radius 3 is 2.90 bits per heavy atom. The molecule has 0 radical (unpaired) electrons. The van der Waals surface area contributed by atoms with E-state index in [9.17, 15) is 4.79 Å². The van der Waals surface area contributed by atoms with Gasteiger partial charge in [-0.25, -0.2) is 0 Å². The molecule has 0 aliphatic carbocycles. The topological polar surface area (TPSA) is 37.8 Å². The van der Waals surface area contributed by atoms with Crippen LogP contribution >= 0.6 is 24.0 Å². The van der Waals surface area contributed by atoms with E-state index in [0.29, 0.717) is 16.6 Å². The Morgan fingerprint density at radius 1 is 1.40 bits per heavy atom. The van der Waals surface area contributed by atoms with Gasteiger partial charge in [-0.05, 0) is 24.2 Å². The predicted octanol–water partition coefficient (Wildman–Crippen LogP) is 3.19. The van der Waals surface area contributed by atoms with Crippen LogP contribution in [0.25, 0.3) is 0 Å². The fourth-order valence-electron chi connectivity index (χ4n) is 2.48. The van der Waals surface area contributed by atoms with Gasteiger partial charge in [0, 0.05) is 23.9 Å². The Labute approximate surface area is 127 Å². The number of fused-ring (bicyclic) bond motifs is 1. The molecule has 0 spiro atoms. The van der Waals surface area contributed by atoms with E-state index in [4.69, 9.17) is 12.2 Å². The Hall–Kier alpha value is -1.33. The summed E-state index contributed by atoms with van der Waals surface area (Å²) < 4.78 is 2.23. The lowest BCUT2D eigenvalue weighted by atomic mass is 10.1. The summed E-state index contributed by atoms with van der Waals surface area (Å²) in [5, 5.41) is 0.452. The number of nitrogens with zero attached hydrogens (tertiary/aromatic N) is 1. The lowest BCUT2D eigenvalue weighted by Gasteiger charge is -2.08. The molecule has 5 heteroatoms. The minimum Gasteiger partial charge on any atom is -0.335 e. The lowest BCUT2D eigenvalue weighted by molar-refractivity contribution is 0.623. The third-order valence-corrected chi connectivity index (χ3v) is 5.04. The second-order valence-electron chi connectivity index (χ2n) is 5.06. The highest BCUT2D eigenvalue weighted by atomic mass is 32.2. The Morgan fingerprint density at radius 2 is 2.15 bits per heavy atom. The summed E-state index contributed by atoms with van der Waals surface area (Å²) in [6.45, 7) is 2.76. The summed E-state index contributed by atoms with van der Waals surface area (Å²) in [5.41, 5.74) is 2.29. The molecule has 1 aliphatic rings. The molecular formula is C15H16N2OS2. The molecule has 0 saturated heterocycles. The molecule has 104 valence electrons. The largest absolute Gasteiger partial charge is 0.335 e. The van der Waals surface area contributed by atoms with Crippen molar-refractivity contribution in [3.8, 4) is 0 Å². The summed E-state index contributed by atoms with van der Waals surface area (Å²) >= 11 is 6.98. The van der Waals surface area contributed by atoms with Crippen molar-refractivity contribution in [3.05, 3.63) is 56.7 Å². The number of aromatic amines is 1. The Kier molecular flexibility index (Phi) is 3.81. The number of nitrogens with one attached hydrogen (secondary N) is 1. The highest BCUT2D eigenvalue weighted by Gasteiger charge is 2.23. The zero-order valence-electron chi connectivity index (χ0n) is 11.3. The quantitative estimate of drug-likeness (QED) is 0.885. The SMILES string of the molecule is C[C@H]1Cc2[nH]c(=S)n(CCc3ccccc3)c(=O)c2S1. The molecule has 1 N–H and O–H groups in total. The first-order valence-corrected chi connectivity index (χ1v) is 8.00. The third-order valence-electron chi connectivity index (χ3n) is 3.49. The van der Waals surface area contributed by atoms with E-state index < -0.39 is 0 Å². The minimum atomic E-state index is 0.0639. The van der Waals surface area contributed by atoms with Crippen molar-refractivity contribution in [2.45, 2.75) is 36.5 Å². The maximum absolute atomic E-state index is 12.5. The standard InChI is InChI=1S/C15H16N2OS2/c1-10-9-12-13(20-10)14(18)17(15(19)16-12)8-7-11-5-3-2-4-6-11/h2-6,10H,7-9H2,1H3,(H,16,19)/t10-/m0/s1. The minimum absolute atomic E-state index is 0.0639. The van der Waals surface area contributed by atoms with Crippen molar-refractivity contribution in [3.63, 3.8) is 0 Å². The normalized spacial score (nSPS) is 17.1. The van der Waals surface area contributed by atoms with Crippen LogP contribution in [0, 0.1) is 4.77 Å².